The SMILES string of the molecule is CCC(c1ccc(F)cc1)C(NC(=O)OCc1ccccc1)c1cn2ncc(CC3(C(=O)O)C[C@@H](C(F)(F)F)NC3=O)cc2n1. The Bertz CT molecular complexity index is 1700. The van der Waals surface area contributed by atoms with Crippen LogP contribution >= 0.6 is 0 Å². The van der Waals surface area contributed by atoms with Gasteiger partial charge in [-0.1, -0.05) is 49.4 Å². The van der Waals surface area contributed by atoms with Gasteiger partial charge in [0.1, 0.15) is 18.5 Å². The molecule has 236 valence electrons. The zero-order chi connectivity index (χ0) is 32.4. The molecule has 0 radical (unpaired) electrons. The van der Waals surface area contributed by atoms with Crippen LogP contribution in [0.25, 0.3) is 5.65 Å². The minimum absolute atomic E-state index is 0.0108. The lowest BCUT2D eigenvalue weighted by Crippen LogP contribution is -2.41. The molecule has 5 rings (SSSR count). The number of halogens is 4. The Kier molecular flexibility index (Phi) is 8.75. The molecule has 2 aromatic heterocycles. The molecule has 0 spiro atoms. The summed E-state index contributed by atoms with van der Waals surface area (Å²) in [4.78, 5) is 42.3. The summed E-state index contributed by atoms with van der Waals surface area (Å²) in [5, 5.41) is 18.7. The van der Waals surface area contributed by atoms with Crippen LogP contribution in [0.2, 0.25) is 0 Å². The Labute approximate surface area is 254 Å². The number of rotatable bonds is 10. The summed E-state index contributed by atoms with van der Waals surface area (Å²) in [6.07, 6.45) is -3.76. The molecule has 1 saturated heterocycles. The van der Waals surface area contributed by atoms with Crippen LogP contribution in [0.3, 0.4) is 0 Å². The van der Waals surface area contributed by atoms with E-state index in [-0.39, 0.29) is 17.8 Å². The number of imidazole rings is 1. The fraction of sp³-hybridized carbons (Fsp3) is 0.323. The molecule has 1 fully saturated rings. The quantitative estimate of drug-likeness (QED) is 0.165. The van der Waals surface area contributed by atoms with Gasteiger partial charge in [0.15, 0.2) is 11.1 Å². The second-order valence-electron chi connectivity index (χ2n) is 10.9. The summed E-state index contributed by atoms with van der Waals surface area (Å²) < 4.78 is 60.5. The number of nitrogens with one attached hydrogen (secondary N) is 2. The van der Waals surface area contributed by atoms with E-state index in [1.165, 1.54) is 28.9 Å². The number of carbonyl (C=O) groups excluding carboxylic acids is 2. The molecule has 14 heteroatoms. The molecule has 2 aromatic carbocycles. The summed E-state index contributed by atoms with van der Waals surface area (Å²) in [5.41, 5.74) is -0.137. The van der Waals surface area contributed by atoms with E-state index in [1.54, 1.807) is 35.8 Å². The van der Waals surface area contributed by atoms with Crippen LogP contribution in [0.15, 0.2) is 73.1 Å². The number of aromatic nitrogens is 3. The van der Waals surface area contributed by atoms with Crippen molar-refractivity contribution in [2.24, 2.45) is 5.41 Å². The van der Waals surface area contributed by atoms with E-state index in [1.807, 2.05) is 25.1 Å². The van der Waals surface area contributed by atoms with Gasteiger partial charge in [-0.25, -0.2) is 18.7 Å². The molecule has 0 aliphatic carbocycles. The number of amides is 2. The Hall–Kier alpha value is -5.01. The van der Waals surface area contributed by atoms with Gasteiger partial charge in [-0.05, 0) is 47.7 Å². The molecule has 2 amide bonds. The van der Waals surface area contributed by atoms with Crippen molar-refractivity contribution in [1.29, 1.82) is 0 Å². The van der Waals surface area contributed by atoms with Crippen LogP contribution < -0.4 is 10.6 Å². The number of carboxylic acid groups (broad SMARTS) is 1. The van der Waals surface area contributed by atoms with Gasteiger partial charge in [0.05, 0.1) is 24.1 Å². The van der Waals surface area contributed by atoms with Gasteiger partial charge in [0.2, 0.25) is 5.91 Å². The van der Waals surface area contributed by atoms with Crippen molar-refractivity contribution in [2.75, 3.05) is 0 Å². The number of alkyl halides is 3. The number of alkyl carbamates (subject to hydrolysis) is 1. The largest absolute Gasteiger partial charge is 0.480 e. The van der Waals surface area contributed by atoms with Crippen molar-refractivity contribution in [3.05, 3.63) is 101 Å². The average molecular weight is 628 g/mol. The Morgan fingerprint density at radius 2 is 1.87 bits per heavy atom. The number of ether oxygens (including phenoxy) is 1. The second-order valence-corrected chi connectivity index (χ2v) is 10.9. The average Bonchev–Trinajstić information content (AvgIpc) is 3.58. The van der Waals surface area contributed by atoms with Crippen LogP contribution in [0.5, 0.6) is 0 Å². The highest BCUT2D eigenvalue weighted by molar-refractivity contribution is 6.04. The first-order chi connectivity index (χ1) is 21.4. The lowest BCUT2D eigenvalue weighted by molar-refractivity contribution is -0.157. The van der Waals surface area contributed by atoms with Gasteiger partial charge in [0, 0.05) is 12.3 Å². The van der Waals surface area contributed by atoms with Gasteiger partial charge < -0.3 is 20.5 Å². The van der Waals surface area contributed by atoms with Crippen molar-refractivity contribution < 1.29 is 41.8 Å². The fourth-order valence-electron chi connectivity index (χ4n) is 5.57. The first-order valence-electron chi connectivity index (χ1n) is 14.1. The Morgan fingerprint density at radius 3 is 2.49 bits per heavy atom. The number of carboxylic acids is 1. The van der Waals surface area contributed by atoms with E-state index in [9.17, 15) is 37.1 Å². The molecule has 3 heterocycles. The van der Waals surface area contributed by atoms with E-state index in [2.05, 4.69) is 15.4 Å². The molecule has 1 aliphatic heterocycles. The van der Waals surface area contributed by atoms with Crippen molar-refractivity contribution in [3.8, 4) is 0 Å². The number of hydrogen-bond acceptors (Lipinski definition) is 6. The summed E-state index contributed by atoms with van der Waals surface area (Å²) in [7, 11) is 0. The number of hydrogen-bond donors (Lipinski definition) is 3. The first-order valence-corrected chi connectivity index (χ1v) is 14.1. The van der Waals surface area contributed by atoms with Gasteiger partial charge in [-0.2, -0.15) is 18.3 Å². The lowest BCUT2D eigenvalue weighted by atomic mass is 9.79. The zero-order valence-corrected chi connectivity index (χ0v) is 23.9. The van der Waals surface area contributed by atoms with Crippen molar-refractivity contribution in [1.82, 2.24) is 25.2 Å². The van der Waals surface area contributed by atoms with Crippen LogP contribution in [0, 0.1) is 11.2 Å². The number of benzene rings is 2. The molecule has 4 aromatic rings. The maximum absolute atomic E-state index is 13.7. The molecule has 45 heavy (non-hydrogen) atoms. The molecule has 0 saturated carbocycles. The minimum Gasteiger partial charge on any atom is -0.480 e. The predicted octanol–water partition coefficient (Wildman–Crippen LogP) is 5.09. The zero-order valence-electron chi connectivity index (χ0n) is 23.9. The van der Waals surface area contributed by atoms with Crippen LogP contribution in [-0.4, -0.2) is 49.9 Å². The van der Waals surface area contributed by atoms with Gasteiger partial charge >= 0.3 is 18.2 Å². The standard InChI is InChI=1S/C31H29F4N5O5/c1-2-22(20-8-10-21(32)11-9-20)26(39-29(44)45-17-18-6-4-3-5-7-18)23-16-40-25(37-23)12-19(15-36-40)13-30(28(42)43)14-24(31(33,34)35)38-27(30)41/h3-12,15-16,22,24,26H,2,13-14,17H2,1H3,(H,38,41)(H,39,44)(H,42,43)/t22?,24-,26?,30?/m0/s1. The van der Waals surface area contributed by atoms with Gasteiger partial charge in [0.25, 0.3) is 0 Å². The molecular formula is C31H29F4N5O5. The van der Waals surface area contributed by atoms with Crippen molar-refractivity contribution in [3.63, 3.8) is 0 Å². The van der Waals surface area contributed by atoms with Gasteiger partial charge in [-0.3, -0.25) is 9.59 Å². The molecule has 0 bridgehead atoms. The summed E-state index contributed by atoms with van der Waals surface area (Å²) in [6.45, 7) is 1.90. The molecular weight excluding hydrogens is 598 g/mol. The molecule has 4 atom stereocenters. The van der Waals surface area contributed by atoms with Gasteiger partial charge in [-0.15, -0.1) is 0 Å². The minimum atomic E-state index is -4.81. The van der Waals surface area contributed by atoms with Crippen LogP contribution in [0.1, 0.15) is 54.1 Å². The highest BCUT2D eigenvalue weighted by Gasteiger charge is 2.59. The number of aliphatic carboxylic acids is 1. The van der Waals surface area contributed by atoms with Crippen LogP contribution in [-0.2, 0) is 27.4 Å². The van der Waals surface area contributed by atoms with E-state index < -0.39 is 66.2 Å². The lowest BCUT2D eigenvalue weighted by Gasteiger charge is -2.26. The van der Waals surface area contributed by atoms with E-state index in [4.69, 9.17) is 4.74 Å². The highest BCUT2D eigenvalue weighted by Crippen LogP contribution is 2.40. The first kappa shape index (κ1) is 31.4. The summed E-state index contributed by atoms with van der Waals surface area (Å²) in [6, 6.07) is 13.2. The van der Waals surface area contributed by atoms with E-state index >= 15 is 0 Å². The molecule has 1 aliphatic rings. The van der Waals surface area contributed by atoms with E-state index in [0.717, 1.165) is 5.56 Å². The van der Waals surface area contributed by atoms with Crippen LogP contribution in [0.4, 0.5) is 22.4 Å². The maximum atomic E-state index is 13.7. The smallest absolute Gasteiger partial charge is 0.408 e. The second kappa shape index (κ2) is 12.5. The number of carbonyl (C=O) groups is 3. The third kappa shape index (κ3) is 6.74. The van der Waals surface area contributed by atoms with Crippen molar-refractivity contribution in [2.45, 2.75) is 57.0 Å². The molecule has 10 nitrogen and oxygen atoms in total. The monoisotopic (exact) mass is 627 g/mol. The number of nitrogens with zero attached hydrogens (tertiary/aromatic N) is 3. The Balaban J connectivity index is 1.45. The topological polar surface area (TPSA) is 135 Å². The fourth-order valence-corrected chi connectivity index (χ4v) is 5.57. The summed E-state index contributed by atoms with van der Waals surface area (Å²) >= 11 is 0. The molecule has 3 N–H and O–H groups in total. The predicted molar refractivity (Wildman–Crippen MR) is 151 cm³/mol. The third-order valence-electron chi connectivity index (χ3n) is 7.94. The Morgan fingerprint density at radius 1 is 1.16 bits per heavy atom. The van der Waals surface area contributed by atoms with E-state index in [0.29, 0.717) is 17.7 Å². The number of fused-ring (bicyclic) bond motifs is 1. The summed E-state index contributed by atoms with van der Waals surface area (Å²) in [5.74, 6) is -3.74. The third-order valence-corrected chi connectivity index (χ3v) is 7.94. The normalized spacial score (nSPS) is 19.6. The molecule has 3 unspecified atom stereocenters. The highest BCUT2D eigenvalue weighted by atomic mass is 19.4. The maximum Gasteiger partial charge on any atom is 0.408 e. The van der Waals surface area contributed by atoms with Crippen molar-refractivity contribution >= 4 is 23.6 Å².